The maximum atomic E-state index is 12.3. The summed E-state index contributed by atoms with van der Waals surface area (Å²) in [7, 11) is 1.42. The summed E-state index contributed by atoms with van der Waals surface area (Å²) in [5.41, 5.74) is 4.56. The van der Waals surface area contributed by atoms with E-state index in [0.717, 1.165) is 11.1 Å². The fraction of sp³-hybridized carbons (Fsp3) is 0.263. The Balaban J connectivity index is 1.81. The molecule has 1 unspecified atom stereocenters. The Morgan fingerprint density at radius 2 is 1.40 bits per heavy atom. The summed E-state index contributed by atoms with van der Waals surface area (Å²) in [6.45, 7) is 0.818. The minimum Gasteiger partial charge on any atom is -0.352 e. The zero-order chi connectivity index (χ0) is 17.9. The van der Waals surface area contributed by atoms with Crippen molar-refractivity contribution in [3.8, 4) is 0 Å². The van der Waals surface area contributed by atoms with Gasteiger partial charge < -0.3 is 15.5 Å². The molecule has 6 nitrogen and oxygen atoms in total. The van der Waals surface area contributed by atoms with Crippen molar-refractivity contribution in [2.24, 2.45) is 0 Å². The quantitative estimate of drug-likeness (QED) is 0.604. The number of hydroxylamine groups is 1. The molecule has 2 aromatic rings. The molecule has 2 aromatic carbocycles. The molecular weight excluding hydrogens is 318 g/mol. The molecule has 0 aliphatic rings. The van der Waals surface area contributed by atoms with Gasteiger partial charge in [0.2, 0.25) is 11.8 Å². The number of amides is 2. The molecule has 132 valence electrons. The molecule has 0 radical (unpaired) electrons. The third-order valence-corrected chi connectivity index (χ3v) is 3.61. The Hall–Kier alpha value is -2.70. The summed E-state index contributed by atoms with van der Waals surface area (Å²) >= 11 is 0. The van der Waals surface area contributed by atoms with Crippen LogP contribution in [0.5, 0.6) is 0 Å². The van der Waals surface area contributed by atoms with Crippen LogP contribution in [0.2, 0.25) is 0 Å². The van der Waals surface area contributed by atoms with Crippen LogP contribution in [0.4, 0.5) is 0 Å². The van der Waals surface area contributed by atoms with Crippen molar-refractivity contribution in [3.63, 3.8) is 0 Å². The number of nitrogens with one attached hydrogen (secondary N) is 3. The van der Waals surface area contributed by atoms with Gasteiger partial charge in [-0.3, -0.25) is 9.59 Å². The number of benzene rings is 2. The van der Waals surface area contributed by atoms with E-state index in [-0.39, 0.29) is 18.2 Å². The first kappa shape index (κ1) is 18.6. The lowest BCUT2D eigenvalue weighted by atomic mass is 10.1. The van der Waals surface area contributed by atoms with E-state index in [2.05, 4.69) is 16.1 Å². The van der Waals surface area contributed by atoms with Crippen molar-refractivity contribution < 1.29 is 14.4 Å². The second-order valence-corrected chi connectivity index (χ2v) is 5.54. The maximum absolute atomic E-state index is 12.3. The molecule has 1 atom stereocenters. The molecule has 0 aromatic heterocycles. The van der Waals surface area contributed by atoms with Gasteiger partial charge in [0.15, 0.2) is 0 Å². The zero-order valence-corrected chi connectivity index (χ0v) is 14.2. The lowest BCUT2D eigenvalue weighted by Crippen LogP contribution is -2.46. The van der Waals surface area contributed by atoms with Gasteiger partial charge in [0.25, 0.3) is 0 Å². The first-order chi connectivity index (χ1) is 12.2. The highest BCUT2D eigenvalue weighted by atomic mass is 16.6. The van der Waals surface area contributed by atoms with Crippen LogP contribution < -0.4 is 16.1 Å². The minimum absolute atomic E-state index is 0.0126. The van der Waals surface area contributed by atoms with Crippen molar-refractivity contribution in [1.29, 1.82) is 0 Å². The SMILES string of the molecule is CONC(CC(=O)NCc1ccccc1)C(=O)NCc1ccccc1. The highest BCUT2D eigenvalue weighted by Gasteiger charge is 2.21. The van der Waals surface area contributed by atoms with E-state index in [1.165, 1.54) is 7.11 Å². The molecule has 0 bridgehead atoms. The molecule has 0 aliphatic carbocycles. The summed E-state index contributed by atoms with van der Waals surface area (Å²) in [4.78, 5) is 29.2. The van der Waals surface area contributed by atoms with Crippen LogP contribution in [-0.4, -0.2) is 25.0 Å². The lowest BCUT2D eigenvalue weighted by Gasteiger charge is -2.17. The van der Waals surface area contributed by atoms with E-state index in [0.29, 0.717) is 13.1 Å². The van der Waals surface area contributed by atoms with Crippen LogP contribution in [-0.2, 0) is 27.5 Å². The average molecular weight is 341 g/mol. The van der Waals surface area contributed by atoms with Crippen LogP contribution in [0.1, 0.15) is 17.5 Å². The smallest absolute Gasteiger partial charge is 0.240 e. The predicted octanol–water partition coefficient (Wildman–Crippen LogP) is 1.53. The van der Waals surface area contributed by atoms with Gasteiger partial charge in [0, 0.05) is 13.1 Å². The van der Waals surface area contributed by atoms with E-state index in [9.17, 15) is 9.59 Å². The minimum atomic E-state index is -0.760. The number of carbonyl (C=O) groups excluding carboxylic acids is 2. The third-order valence-electron chi connectivity index (χ3n) is 3.61. The summed E-state index contributed by atoms with van der Waals surface area (Å²) in [5.74, 6) is -0.520. The number of carbonyl (C=O) groups is 2. The standard InChI is InChI=1S/C19H23N3O3/c1-25-22-17(19(24)21-14-16-10-6-3-7-11-16)12-18(23)20-13-15-8-4-2-5-9-15/h2-11,17,22H,12-14H2,1H3,(H,20,23)(H,21,24). The average Bonchev–Trinajstić information content (AvgIpc) is 2.66. The Kier molecular flexibility index (Phi) is 7.62. The molecule has 0 fully saturated rings. The van der Waals surface area contributed by atoms with Crippen molar-refractivity contribution in [1.82, 2.24) is 16.1 Å². The van der Waals surface area contributed by atoms with E-state index in [4.69, 9.17) is 4.84 Å². The summed E-state index contributed by atoms with van der Waals surface area (Å²) < 4.78 is 0. The summed E-state index contributed by atoms with van der Waals surface area (Å²) in [6, 6.07) is 18.4. The lowest BCUT2D eigenvalue weighted by molar-refractivity contribution is -0.132. The molecule has 0 saturated carbocycles. The number of hydrogen-bond acceptors (Lipinski definition) is 4. The zero-order valence-electron chi connectivity index (χ0n) is 14.2. The Bertz CT molecular complexity index is 662. The summed E-state index contributed by atoms with van der Waals surface area (Å²) in [6.07, 6.45) is -0.0126. The predicted molar refractivity (Wildman–Crippen MR) is 95.1 cm³/mol. The molecule has 0 spiro atoms. The van der Waals surface area contributed by atoms with Crippen LogP contribution in [0.25, 0.3) is 0 Å². The molecule has 25 heavy (non-hydrogen) atoms. The first-order valence-electron chi connectivity index (χ1n) is 8.10. The van der Waals surface area contributed by atoms with Gasteiger partial charge in [-0.1, -0.05) is 60.7 Å². The van der Waals surface area contributed by atoms with Crippen LogP contribution in [0.3, 0.4) is 0 Å². The van der Waals surface area contributed by atoms with E-state index in [1.54, 1.807) is 0 Å². The molecule has 0 aliphatic heterocycles. The Labute approximate surface area is 147 Å². The Morgan fingerprint density at radius 1 is 0.880 bits per heavy atom. The van der Waals surface area contributed by atoms with E-state index >= 15 is 0 Å². The van der Waals surface area contributed by atoms with Crippen LogP contribution in [0.15, 0.2) is 60.7 Å². The van der Waals surface area contributed by atoms with Crippen molar-refractivity contribution in [2.45, 2.75) is 25.6 Å². The molecule has 0 saturated heterocycles. The van der Waals surface area contributed by atoms with E-state index < -0.39 is 6.04 Å². The van der Waals surface area contributed by atoms with Gasteiger partial charge in [0.05, 0.1) is 13.5 Å². The molecule has 2 rings (SSSR count). The number of rotatable bonds is 9. The van der Waals surface area contributed by atoms with Gasteiger partial charge in [-0.05, 0) is 11.1 Å². The van der Waals surface area contributed by atoms with Gasteiger partial charge in [-0.15, -0.1) is 0 Å². The van der Waals surface area contributed by atoms with Crippen molar-refractivity contribution in [3.05, 3.63) is 71.8 Å². The van der Waals surface area contributed by atoms with Gasteiger partial charge in [0.1, 0.15) is 6.04 Å². The highest BCUT2D eigenvalue weighted by molar-refractivity contribution is 5.88. The normalized spacial score (nSPS) is 11.6. The summed E-state index contributed by atoms with van der Waals surface area (Å²) in [5, 5.41) is 5.60. The molecule has 0 heterocycles. The van der Waals surface area contributed by atoms with Gasteiger partial charge in [-0.25, -0.2) is 0 Å². The van der Waals surface area contributed by atoms with Gasteiger partial charge in [-0.2, -0.15) is 5.48 Å². The van der Waals surface area contributed by atoms with Gasteiger partial charge >= 0.3 is 0 Å². The fourth-order valence-corrected chi connectivity index (χ4v) is 2.29. The topological polar surface area (TPSA) is 79.5 Å². The molecular formula is C19H23N3O3. The molecule has 6 heteroatoms. The Morgan fingerprint density at radius 3 is 1.92 bits per heavy atom. The fourth-order valence-electron chi connectivity index (χ4n) is 2.29. The second kappa shape index (κ2) is 10.2. The first-order valence-corrected chi connectivity index (χ1v) is 8.10. The second-order valence-electron chi connectivity index (χ2n) is 5.54. The number of hydrogen-bond donors (Lipinski definition) is 3. The largest absolute Gasteiger partial charge is 0.352 e. The van der Waals surface area contributed by atoms with Crippen LogP contribution >= 0.6 is 0 Å². The van der Waals surface area contributed by atoms with Crippen molar-refractivity contribution >= 4 is 11.8 Å². The van der Waals surface area contributed by atoms with Crippen molar-refractivity contribution in [2.75, 3.05) is 7.11 Å². The van der Waals surface area contributed by atoms with Crippen LogP contribution in [0, 0.1) is 0 Å². The highest BCUT2D eigenvalue weighted by Crippen LogP contribution is 2.01. The van der Waals surface area contributed by atoms with E-state index in [1.807, 2.05) is 60.7 Å². The maximum Gasteiger partial charge on any atom is 0.240 e. The third kappa shape index (κ3) is 6.74. The molecule has 2 amide bonds. The monoisotopic (exact) mass is 341 g/mol. The molecule has 3 N–H and O–H groups in total.